The molecule has 3 rings (SSSR count). The standard InChI is InChI=1S/C22H24BrFN2O3/c1-14(2)29-21-13-17(23)5-6-18(21)22(28)26-10-8-25(9-11-26)20-7-4-16(15(3)27)12-19(20)24/h4-7,12-14H,8-11H2,1-3H3. The van der Waals surface area contributed by atoms with Crippen molar-refractivity contribution in [1.29, 1.82) is 0 Å². The Balaban J connectivity index is 1.71. The highest BCUT2D eigenvalue weighted by molar-refractivity contribution is 9.10. The van der Waals surface area contributed by atoms with Gasteiger partial charge in [0.25, 0.3) is 5.91 Å². The van der Waals surface area contributed by atoms with Gasteiger partial charge < -0.3 is 14.5 Å². The van der Waals surface area contributed by atoms with Crippen molar-refractivity contribution in [3.05, 3.63) is 57.8 Å². The first-order valence-electron chi connectivity index (χ1n) is 9.57. The molecule has 0 spiro atoms. The lowest BCUT2D eigenvalue weighted by molar-refractivity contribution is 0.0740. The summed E-state index contributed by atoms with van der Waals surface area (Å²) in [5.41, 5.74) is 1.33. The molecule has 1 fully saturated rings. The van der Waals surface area contributed by atoms with Crippen LogP contribution in [-0.2, 0) is 0 Å². The maximum Gasteiger partial charge on any atom is 0.257 e. The monoisotopic (exact) mass is 462 g/mol. The third-order valence-electron chi connectivity index (χ3n) is 4.80. The molecular formula is C22H24BrFN2O3. The third kappa shape index (κ3) is 4.96. The van der Waals surface area contributed by atoms with E-state index in [9.17, 15) is 14.0 Å². The molecule has 0 atom stereocenters. The van der Waals surface area contributed by atoms with E-state index in [0.29, 0.717) is 48.7 Å². The fraction of sp³-hybridized carbons (Fsp3) is 0.364. The Labute approximate surface area is 178 Å². The van der Waals surface area contributed by atoms with Crippen molar-refractivity contribution in [2.24, 2.45) is 0 Å². The van der Waals surface area contributed by atoms with Crippen molar-refractivity contribution in [3.8, 4) is 5.75 Å². The number of carbonyl (C=O) groups excluding carboxylic acids is 2. The predicted molar refractivity (Wildman–Crippen MR) is 114 cm³/mol. The molecule has 29 heavy (non-hydrogen) atoms. The highest BCUT2D eigenvalue weighted by Crippen LogP contribution is 2.27. The van der Waals surface area contributed by atoms with Gasteiger partial charge in [-0.25, -0.2) is 4.39 Å². The van der Waals surface area contributed by atoms with Crippen molar-refractivity contribution in [1.82, 2.24) is 4.90 Å². The van der Waals surface area contributed by atoms with E-state index in [-0.39, 0.29) is 17.8 Å². The molecule has 2 aromatic carbocycles. The molecule has 2 aromatic rings. The lowest BCUT2D eigenvalue weighted by Gasteiger charge is -2.36. The van der Waals surface area contributed by atoms with E-state index in [2.05, 4.69) is 15.9 Å². The molecule has 1 aliphatic rings. The number of benzene rings is 2. The molecule has 1 aliphatic heterocycles. The molecule has 0 aromatic heterocycles. The number of ketones is 1. The maximum absolute atomic E-state index is 14.4. The van der Waals surface area contributed by atoms with Gasteiger partial charge in [-0.2, -0.15) is 0 Å². The van der Waals surface area contributed by atoms with Crippen LogP contribution in [0.1, 0.15) is 41.5 Å². The summed E-state index contributed by atoms with van der Waals surface area (Å²) in [6.45, 7) is 7.23. The smallest absolute Gasteiger partial charge is 0.257 e. The Kier molecular flexibility index (Phi) is 6.57. The van der Waals surface area contributed by atoms with Crippen molar-refractivity contribution in [3.63, 3.8) is 0 Å². The van der Waals surface area contributed by atoms with Gasteiger partial charge in [0.2, 0.25) is 0 Å². The predicted octanol–water partition coefficient (Wildman–Crippen LogP) is 4.54. The number of amides is 1. The Morgan fingerprint density at radius 3 is 2.34 bits per heavy atom. The van der Waals surface area contributed by atoms with E-state index in [1.807, 2.05) is 24.8 Å². The molecule has 5 nitrogen and oxygen atoms in total. The van der Waals surface area contributed by atoms with Gasteiger partial charge in [0.05, 0.1) is 17.4 Å². The van der Waals surface area contributed by atoms with E-state index in [1.165, 1.54) is 13.0 Å². The lowest BCUT2D eigenvalue weighted by Crippen LogP contribution is -2.49. The Bertz CT molecular complexity index is 924. The second-order valence-corrected chi connectivity index (χ2v) is 8.22. The maximum atomic E-state index is 14.4. The van der Waals surface area contributed by atoms with Crippen LogP contribution in [-0.4, -0.2) is 48.9 Å². The summed E-state index contributed by atoms with van der Waals surface area (Å²) in [5.74, 6) is -0.134. The second-order valence-electron chi connectivity index (χ2n) is 7.31. The minimum absolute atomic E-state index is 0.0475. The van der Waals surface area contributed by atoms with E-state index < -0.39 is 5.82 Å². The molecule has 0 aliphatic carbocycles. The summed E-state index contributed by atoms with van der Waals surface area (Å²) >= 11 is 3.42. The van der Waals surface area contributed by atoms with Crippen LogP contribution in [0.15, 0.2) is 40.9 Å². The normalized spacial score (nSPS) is 14.3. The van der Waals surface area contributed by atoms with Crippen LogP contribution >= 0.6 is 15.9 Å². The highest BCUT2D eigenvalue weighted by atomic mass is 79.9. The van der Waals surface area contributed by atoms with Gasteiger partial charge in [-0.1, -0.05) is 15.9 Å². The van der Waals surface area contributed by atoms with Gasteiger partial charge in [-0.05, 0) is 57.2 Å². The molecule has 154 valence electrons. The molecule has 0 bridgehead atoms. The Hall–Kier alpha value is -2.41. The number of Topliss-reactive ketones (excluding diaryl/α,β-unsaturated/α-hetero) is 1. The Morgan fingerprint density at radius 2 is 1.76 bits per heavy atom. The molecule has 0 saturated carbocycles. The topological polar surface area (TPSA) is 49.9 Å². The number of halogens is 2. The number of hydrogen-bond acceptors (Lipinski definition) is 4. The average molecular weight is 463 g/mol. The first-order chi connectivity index (χ1) is 13.8. The highest BCUT2D eigenvalue weighted by Gasteiger charge is 2.26. The van der Waals surface area contributed by atoms with Crippen LogP contribution in [0.3, 0.4) is 0 Å². The molecule has 0 unspecified atom stereocenters. The van der Waals surface area contributed by atoms with Gasteiger partial charge in [0.1, 0.15) is 11.6 Å². The van der Waals surface area contributed by atoms with E-state index >= 15 is 0 Å². The van der Waals surface area contributed by atoms with Crippen LogP contribution in [0, 0.1) is 5.82 Å². The van der Waals surface area contributed by atoms with Crippen LogP contribution in [0.2, 0.25) is 0 Å². The summed E-state index contributed by atoms with van der Waals surface area (Å²) in [4.78, 5) is 28.1. The van der Waals surface area contributed by atoms with Gasteiger partial charge >= 0.3 is 0 Å². The molecule has 0 radical (unpaired) electrons. The second kappa shape index (κ2) is 8.95. The van der Waals surface area contributed by atoms with Crippen LogP contribution in [0.4, 0.5) is 10.1 Å². The van der Waals surface area contributed by atoms with Crippen LogP contribution < -0.4 is 9.64 Å². The van der Waals surface area contributed by atoms with Crippen molar-refractivity contribution < 1.29 is 18.7 Å². The zero-order chi connectivity index (χ0) is 21.1. The van der Waals surface area contributed by atoms with Gasteiger partial charge in [0, 0.05) is 36.2 Å². The summed E-state index contributed by atoms with van der Waals surface area (Å²) in [7, 11) is 0. The summed E-state index contributed by atoms with van der Waals surface area (Å²) < 4.78 is 21.1. The zero-order valence-corrected chi connectivity index (χ0v) is 18.3. The molecular weight excluding hydrogens is 439 g/mol. The minimum Gasteiger partial charge on any atom is -0.490 e. The SMILES string of the molecule is CC(=O)c1ccc(N2CCN(C(=O)c3ccc(Br)cc3OC(C)C)CC2)c(F)c1. The number of ether oxygens (including phenoxy) is 1. The Morgan fingerprint density at radius 1 is 1.07 bits per heavy atom. The van der Waals surface area contributed by atoms with E-state index in [0.717, 1.165) is 4.47 Å². The van der Waals surface area contributed by atoms with Crippen molar-refractivity contribution >= 4 is 33.3 Å². The molecule has 7 heteroatoms. The number of piperazine rings is 1. The first kappa shape index (κ1) is 21.3. The summed E-state index contributed by atoms with van der Waals surface area (Å²) in [6.07, 6.45) is -0.0475. The van der Waals surface area contributed by atoms with Crippen molar-refractivity contribution in [2.75, 3.05) is 31.1 Å². The summed E-state index contributed by atoms with van der Waals surface area (Å²) in [5, 5.41) is 0. The van der Waals surface area contributed by atoms with Crippen LogP contribution in [0.25, 0.3) is 0 Å². The minimum atomic E-state index is -0.419. The fourth-order valence-corrected chi connectivity index (χ4v) is 3.67. The van der Waals surface area contributed by atoms with E-state index in [4.69, 9.17) is 4.74 Å². The first-order valence-corrected chi connectivity index (χ1v) is 10.4. The van der Waals surface area contributed by atoms with Gasteiger partial charge in [0.15, 0.2) is 5.78 Å². The molecule has 1 heterocycles. The van der Waals surface area contributed by atoms with Crippen LogP contribution in [0.5, 0.6) is 5.75 Å². The number of anilines is 1. The molecule has 1 amide bonds. The number of hydrogen-bond donors (Lipinski definition) is 0. The van der Waals surface area contributed by atoms with Gasteiger partial charge in [-0.15, -0.1) is 0 Å². The number of carbonyl (C=O) groups is 2. The largest absolute Gasteiger partial charge is 0.490 e. The molecule has 1 saturated heterocycles. The molecule has 0 N–H and O–H groups in total. The fourth-order valence-electron chi connectivity index (χ4n) is 3.33. The number of rotatable bonds is 5. The lowest BCUT2D eigenvalue weighted by atomic mass is 10.1. The van der Waals surface area contributed by atoms with Crippen molar-refractivity contribution in [2.45, 2.75) is 26.9 Å². The average Bonchev–Trinajstić information content (AvgIpc) is 2.67. The zero-order valence-electron chi connectivity index (χ0n) is 16.7. The quantitative estimate of drug-likeness (QED) is 0.611. The van der Waals surface area contributed by atoms with E-state index in [1.54, 1.807) is 29.2 Å². The third-order valence-corrected chi connectivity index (χ3v) is 5.29. The van der Waals surface area contributed by atoms with Gasteiger partial charge in [-0.3, -0.25) is 9.59 Å². The summed E-state index contributed by atoms with van der Waals surface area (Å²) in [6, 6.07) is 9.92. The number of nitrogens with zero attached hydrogens (tertiary/aromatic N) is 2.